The number of nitrogens with one attached hydrogen (secondary N) is 1. The smallest absolute Gasteiger partial charge is 0.193 e. The number of benzene rings is 1. The molecule has 2 aromatic rings. The zero-order valence-corrected chi connectivity index (χ0v) is 18.7. The Morgan fingerprint density at radius 1 is 1.33 bits per heavy atom. The van der Waals surface area contributed by atoms with Crippen molar-refractivity contribution in [2.75, 3.05) is 33.9 Å². The lowest BCUT2D eigenvalue weighted by atomic mass is 10.2. The van der Waals surface area contributed by atoms with E-state index in [1.54, 1.807) is 0 Å². The van der Waals surface area contributed by atoms with E-state index in [0.717, 1.165) is 43.0 Å². The average Bonchev–Trinajstić information content (AvgIpc) is 3.38. The van der Waals surface area contributed by atoms with E-state index in [9.17, 15) is 0 Å². The number of ether oxygens (including phenoxy) is 1. The van der Waals surface area contributed by atoms with E-state index in [1.165, 1.54) is 18.4 Å². The van der Waals surface area contributed by atoms with Crippen LogP contribution in [0.5, 0.6) is 0 Å². The van der Waals surface area contributed by atoms with E-state index < -0.39 is 0 Å². The molecule has 0 radical (unpaired) electrons. The molecule has 6 nitrogen and oxygen atoms in total. The first-order valence-electron chi connectivity index (χ1n) is 9.27. The molecule has 3 rings (SSSR count). The van der Waals surface area contributed by atoms with Gasteiger partial charge in [0.25, 0.3) is 0 Å². The second kappa shape index (κ2) is 10.7. The number of rotatable bonds is 8. The minimum atomic E-state index is 0. The highest BCUT2D eigenvalue weighted by Gasteiger charge is 2.21. The normalized spacial score (nSPS) is 14.0. The van der Waals surface area contributed by atoms with Crippen LogP contribution in [0.3, 0.4) is 0 Å². The molecule has 0 amide bonds. The maximum Gasteiger partial charge on any atom is 0.193 e. The average molecular weight is 483 g/mol. The number of nitrogens with zero attached hydrogens (tertiary/aromatic N) is 4. The van der Waals surface area contributed by atoms with Gasteiger partial charge in [0.2, 0.25) is 0 Å². The molecule has 1 aromatic carbocycles. The van der Waals surface area contributed by atoms with Gasteiger partial charge in [0, 0.05) is 40.0 Å². The van der Waals surface area contributed by atoms with Gasteiger partial charge in [0.05, 0.1) is 18.0 Å². The Kier molecular flexibility index (Phi) is 8.56. The summed E-state index contributed by atoms with van der Waals surface area (Å²) in [5.41, 5.74) is 3.27. The zero-order chi connectivity index (χ0) is 18.4. The third-order valence-electron chi connectivity index (χ3n) is 4.59. The molecule has 1 fully saturated rings. The fourth-order valence-electron chi connectivity index (χ4n) is 2.83. The molecule has 1 aliphatic rings. The molecule has 1 aliphatic carbocycles. The summed E-state index contributed by atoms with van der Waals surface area (Å²) in [6, 6.07) is 10.3. The predicted octanol–water partition coefficient (Wildman–Crippen LogP) is 3.23. The third kappa shape index (κ3) is 6.49. The maximum atomic E-state index is 5.73. The van der Waals surface area contributed by atoms with Gasteiger partial charge in [-0.05, 0) is 43.4 Å². The highest BCUT2D eigenvalue weighted by molar-refractivity contribution is 14.0. The van der Waals surface area contributed by atoms with Gasteiger partial charge >= 0.3 is 0 Å². The second-order valence-corrected chi connectivity index (χ2v) is 6.87. The van der Waals surface area contributed by atoms with Crippen LogP contribution in [0, 0.1) is 12.8 Å². The first-order chi connectivity index (χ1) is 12.7. The zero-order valence-electron chi connectivity index (χ0n) is 16.4. The molecular formula is C20H30IN5O. The van der Waals surface area contributed by atoms with Gasteiger partial charge in [-0.25, -0.2) is 4.68 Å². The molecule has 0 unspecified atom stereocenters. The Morgan fingerprint density at radius 2 is 2.11 bits per heavy atom. The summed E-state index contributed by atoms with van der Waals surface area (Å²) < 4.78 is 7.65. The lowest BCUT2D eigenvalue weighted by Crippen LogP contribution is -2.40. The highest BCUT2D eigenvalue weighted by atomic mass is 127. The van der Waals surface area contributed by atoms with Crippen molar-refractivity contribution in [3.8, 4) is 5.69 Å². The van der Waals surface area contributed by atoms with Crippen molar-refractivity contribution in [1.82, 2.24) is 20.0 Å². The van der Waals surface area contributed by atoms with Gasteiger partial charge in [-0.15, -0.1) is 24.0 Å². The monoisotopic (exact) mass is 483 g/mol. The first kappa shape index (κ1) is 21.7. The Bertz CT molecular complexity index is 741. The van der Waals surface area contributed by atoms with Crippen molar-refractivity contribution in [3.05, 3.63) is 47.8 Å². The van der Waals surface area contributed by atoms with Gasteiger partial charge in [0.15, 0.2) is 5.96 Å². The largest absolute Gasteiger partial charge is 0.379 e. The number of likely N-dealkylation sites (N-methyl/N-ethyl adjacent to an activating group) is 1. The number of para-hydroxylation sites is 1. The van der Waals surface area contributed by atoms with Crippen LogP contribution in [-0.4, -0.2) is 54.5 Å². The summed E-state index contributed by atoms with van der Waals surface area (Å²) in [4.78, 5) is 6.49. The fraction of sp³-hybridized carbons (Fsp3) is 0.500. The van der Waals surface area contributed by atoms with E-state index in [1.807, 2.05) is 44.0 Å². The molecule has 0 saturated heterocycles. The molecule has 0 bridgehead atoms. The number of aromatic nitrogens is 2. The molecule has 148 valence electrons. The summed E-state index contributed by atoms with van der Waals surface area (Å²) in [7, 11) is 3.85. The van der Waals surface area contributed by atoms with Crippen LogP contribution in [0.1, 0.15) is 24.1 Å². The first-order valence-corrected chi connectivity index (χ1v) is 9.27. The van der Waals surface area contributed by atoms with Crippen molar-refractivity contribution < 1.29 is 4.74 Å². The van der Waals surface area contributed by atoms with Crippen molar-refractivity contribution in [2.45, 2.75) is 26.3 Å². The Hall–Kier alpha value is -1.61. The lowest BCUT2D eigenvalue weighted by molar-refractivity contribution is 0.115. The van der Waals surface area contributed by atoms with Crippen LogP contribution < -0.4 is 5.32 Å². The van der Waals surface area contributed by atoms with Crippen LogP contribution in [0.15, 0.2) is 41.5 Å². The molecule has 0 atom stereocenters. The highest BCUT2D eigenvalue weighted by Crippen LogP contribution is 2.28. The number of hydrogen-bond donors (Lipinski definition) is 1. The maximum absolute atomic E-state index is 5.73. The third-order valence-corrected chi connectivity index (χ3v) is 4.59. The molecule has 1 N–H and O–H groups in total. The SMILES string of the molecule is CN=C(NCc1ccccc1-n1ccc(C)n1)N(C)CCOCC1CC1.I. The molecule has 27 heavy (non-hydrogen) atoms. The van der Waals surface area contributed by atoms with Gasteiger partial charge in [-0.2, -0.15) is 5.10 Å². The number of hydrogen-bond acceptors (Lipinski definition) is 3. The summed E-state index contributed by atoms with van der Waals surface area (Å²) in [6.07, 6.45) is 4.65. The number of guanidine groups is 1. The predicted molar refractivity (Wildman–Crippen MR) is 120 cm³/mol. The Labute approximate surface area is 179 Å². The standard InChI is InChI=1S/C20H29N5O.HI/c1-16-10-11-25(23-16)19-7-5-4-6-18(19)14-22-20(21-2)24(3)12-13-26-15-17-8-9-17;/h4-7,10-11,17H,8-9,12-15H2,1-3H3,(H,21,22);1H. The lowest BCUT2D eigenvalue weighted by Gasteiger charge is -2.22. The number of aryl methyl sites for hydroxylation is 1. The number of aliphatic imine (C=N–C) groups is 1. The van der Waals surface area contributed by atoms with Crippen molar-refractivity contribution in [2.24, 2.45) is 10.9 Å². The van der Waals surface area contributed by atoms with Gasteiger partial charge in [-0.3, -0.25) is 4.99 Å². The van der Waals surface area contributed by atoms with Gasteiger partial charge < -0.3 is 15.0 Å². The molecule has 1 aromatic heterocycles. The topological polar surface area (TPSA) is 54.7 Å². The van der Waals surface area contributed by atoms with Gasteiger partial charge in [0.1, 0.15) is 0 Å². The fourth-order valence-corrected chi connectivity index (χ4v) is 2.83. The van der Waals surface area contributed by atoms with Crippen molar-refractivity contribution >= 4 is 29.9 Å². The molecule has 1 heterocycles. The second-order valence-electron chi connectivity index (χ2n) is 6.87. The molecule has 0 aliphatic heterocycles. The summed E-state index contributed by atoms with van der Waals surface area (Å²) in [6.45, 7) is 5.15. The van der Waals surface area contributed by atoms with Crippen LogP contribution in [0.4, 0.5) is 0 Å². The summed E-state index contributed by atoms with van der Waals surface area (Å²) in [5, 5.41) is 7.97. The van der Waals surface area contributed by atoms with E-state index in [4.69, 9.17) is 4.74 Å². The number of halogens is 1. The van der Waals surface area contributed by atoms with E-state index in [2.05, 4.69) is 38.5 Å². The van der Waals surface area contributed by atoms with Crippen LogP contribution >= 0.6 is 24.0 Å². The molecular weight excluding hydrogens is 453 g/mol. The molecule has 1 saturated carbocycles. The van der Waals surface area contributed by atoms with Crippen LogP contribution in [-0.2, 0) is 11.3 Å². The minimum absolute atomic E-state index is 0. The minimum Gasteiger partial charge on any atom is -0.379 e. The quantitative estimate of drug-likeness (QED) is 0.271. The van der Waals surface area contributed by atoms with E-state index in [-0.39, 0.29) is 24.0 Å². The molecule has 7 heteroatoms. The van der Waals surface area contributed by atoms with Crippen LogP contribution in [0.25, 0.3) is 5.69 Å². The van der Waals surface area contributed by atoms with E-state index >= 15 is 0 Å². The van der Waals surface area contributed by atoms with Gasteiger partial charge in [-0.1, -0.05) is 18.2 Å². The Balaban J connectivity index is 0.00000261. The molecule has 0 spiro atoms. The summed E-state index contributed by atoms with van der Waals surface area (Å²) in [5.74, 6) is 1.67. The van der Waals surface area contributed by atoms with E-state index in [0.29, 0.717) is 6.54 Å². The van der Waals surface area contributed by atoms with Crippen molar-refractivity contribution in [3.63, 3.8) is 0 Å². The van der Waals surface area contributed by atoms with Crippen LogP contribution in [0.2, 0.25) is 0 Å². The summed E-state index contributed by atoms with van der Waals surface area (Å²) >= 11 is 0. The Morgan fingerprint density at radius 3 is 2.78 bits per heavy atom. The van der Waals surface area contributed by atoms with Crippen molar-refractivity contribution in [1.29, 1.82) is 0 Å².